The van der Waals surface area contributed by atoms with E-state index in [1.165, 1.54) is 15.9 Å². The lowest BCUT2D eigenvalue weighted by Crippen LogP contribution is -2.48. The maximum atomic E-state index is 14.4. The van der Waals surface area contributed by atoms with Crippen molar-refractivity contribution in [2.45, 2.75) is 87.6 Å². The van der Waals surface area contributed by atoms with Crippen molar-refractivity contribution in [3.05, 3.63) is 46.5 Å². The van der Waals surface area contributed by atoms with Crippen LogP contribution in [0.15, 0.2) is 29.2 Å². The molecule has 1 saturated heterocycles. The van der Waals surface area contributed by atoms with Gasteiger partial charge in [0, 0.05) is 30.6 Å². The smallest absolute Gasteiger partial charge is 0.427 e. The van der Waals surface area contributed by atoms with Crippen molar-refractivity contribution in [1.82, 2.24) is 5.32 Å². The standard InChI is InChI=1S/C30H32ClF5N4O7S/c1-29(2,30(34,35)36)47-27(42)37-18-5-7-19(8-6-18)46-28(43)40-11-9-16-12-20(15-23(26(16)40)39-10-3-4-24(39)41)48(44,45)38-25-21(32)13-17(31)14-22(25)33/h12-15,18-19,38H,3-11H2,1-2H3,(H,37,42). The van der Waals surface area contributed by atoms with E-state index in [2.05, 4.69) is 10.1 Å². The number of nitrogens with zero attached hydrogens (tertiary/aromatic N) is 2. The van der Waals surface area contributed by atoms with Gasteiger partial charge in [-0.1, -0.05) is 11.6 Å². The summed E-state index contributed by atoms with van der Waals surface area (Å²) in [4.78, 5) is 40.6. The summed E-state index contributed by atoms with van der Waals surface area (Å²) in [6.45, 7) is 1.80. The number of nitrogens with one attached hydrogen (secondary N) is 2. The van der Waals surface area contributed by atoms with Crippen LogP contribution in [0.5, 0.6) is 0 Å². The van der Waals surface area contributed by atoms with Crippen LogP contribution in [0.1, 0.15) is 57.9 Å². The summed E-state index contributed by atoms with van der Waals surface area (Å²) in [5.41, 5.74) is -2.84. The zero-order valence-corrected chi connectivity index (χ0v) is 27.3. The zero-order valence-electron chi connectivity index (χ0n) is 25.8. The zero-order chi connectivity index (χ0) is 35.2. The van der Waals surface area contributed by atoms with Gasteiger partial charge in [-0.05, 0) is 82.2 Å². The molecule has 2 aliphatic heterocycles. The number of hydrogen-bond acceptors (Lipinski definition) is 7. The number of anilines is 3. The third-order valence-electron chi connectivity index (χ3n) is 8.45. The average molecular weight is 723 g/mol. The maximum Gasteiger partial charge on any atom is 0.427 e. The second-order valence-electron chi connectivity index (χ2n) is 12.2. The van der Waals surface area contributed by atoms with Crippen LogP contribution < -0.4 is 19.8 Å². The quantitative estimate of drug-likeness (QED) is 0.315. The molecule has 5 rings (SSSR count). The van der Waals surface area contributed by atoms with E-state index in [4.69, 9.17) is 16.3 Å². The van der Waals surface area contributed by atoms with Crippen LogP contribution >= 0.6 is 11.6 Å². The van der Waals surface area contributed by atoms with Crippen molar-refractivity contribution >= 4 is 56.8 Å². The van der Waals surface area contributed by atoms with Gasteiger partial charge in [-0.3, -0.25) is 14.4 Å². The van der Waals surface area contributed by atoms with Crippen LogP contribution in [0.25, 0.3) is 0 Å². The number of ether oxygens (including phenoxy) is 2. The average Bonchev–Trinajstić information content (AvgIpc) is 3.61. The van der Waals surface area contributed by atoms with Crippen molar-refractivity contribution in [1.29, 1.82) is 0 Å². The Hall–Kier alpha value is -3.86. The number of amides is 3. The van der Waals surface area contributed by atoms with Crippen molar-refractivity contribution < 1.29 is 54.2 Å². The Bertz CT molecular complexity index is 1710. The molecule has 11 nitrogen and oxygen atoms in total. The molecule has 0 aromatic heterocycles. The molecule has 0 atom stereocenters. The number of carbonyl (C=O) groups is 3. The van der Waals surface area contributed by atoms with Crippen molar-refractivity contribution in [3.63, 3.8) is 0 Å². The summed E-state index contributed by atoms with van der Waals surface area (Å²) < 4.78 is 107. The molecule has 0 bridgehead atoms. The molecule has 3 aliphatic rings. The van der Waals surface area contributed by atoms with E-state index in [0.29, 0.717) is 24.8 Å². The monoisotopic (exact) mass is 722 g/mol. The van der Waals surface area contributed by atoms with E-state index in [-0.39, 0.29) is 66.0 Å². The first-order valence-electron chi connectivity index (χ1n) is 15.1. The molecule has 0 spiro atoms. The fourth-order valence-electron chi connectivity index (χ4n) is 5.79. The predicted octanol–water partition coefficient (Wildman–Crippen LogP) is 6.42. The molecular formula is C30H32ClF5N4O7S. The fourth-order valence-corrected chi connectivity index (χ4v) is 7.13. The maximum absolute atomic E-state index is 14.4. The Kier molecular flexibility index (Phi) is 9.76. The summed E-state index contributed by atoms with van der Waals surface area (Å²) >= 11 is 5.65. The van der Waals surface area contributed by atoms with Gasteiger partial charge in [0.1, 0.15) is 11.8 Å². The molecule has 0 unspecified atom stereocenters. The molecule has 2 aromatic carbocycles. The van der Waals surface area contributed by atoms with E-state index >= 15 is 0 Å². The predicted molar refractivity (Wildman–Crippen MR) is 164 cm³/mol. The van der Waals surface area contributed by atoms with E-state index in [9.17, 15) is 44.8 Å². The van der Waals surface area contributed by atoms with E-state index in [0.717, 1.165) is 32.0 Å². The lowest BCUT2D eigenvalue weighted by atomic mass is 9.93. The Balaban J connectivity index is 1.30. The van der Waals surface area contributed by atoms with Crippen LogP contribution in [0.3, 0.4) is 0 Å². The molecule has 1 aliphatic carbocycles. The number of fused-ring (bicyclic) bond motifs is 1. The minimum absolute atomic E-state index is 0.0816. The number of rotatable bonds is 7. The van der Waals surface area contributed by atoms with Crippen LogP contribution in [0.4, 0.5) is 48.6 Å². The molecule has 2 aromatic rings. The first-order valence-corrected chi connectivity index (χ1v) is 16.9. The second kappa shape index (κ2) is 13.2. The topological polar surface area (TPSA) is 134 Å². The van der Waals surface area contributed by atoms with Gasteiger partial charge in [0.15, 0.2) is 11.6 Å². The van der Waals surface area contributed by atoms with Gasteiger partial charge in [-0.15, -0.1) is 0 Å². The van der Waals surface area contributed by atoms with E-state index < -0.39 is 63.5 Å². The molecular weight excluding hydrogens is 691 g/mol. The Morgan fingerprint density at radius 3 is 2.21 bits per heavy atom. The fraction of sp³-hybridized carbons (Fsp3) is 0.500. The first kappa shape index (κ1) is 35.4. The number of halogens is 6. The van der Waals surface area contributed by atoms with Crippen LogP contribution in [-0.4, -0.2) is 63.5 Å². The third-order valence-corrected chi connectivity index (χ3v) is 10.00. The van der Waals surface area contributed by atoms with Crippen LogP contribution in [0.2, 0.25) is 5.02 Å². The number of benzene rings is 2. The molecule has 2 heterocycles. The highest BCUT2D eigenvalue weighted by Gasteiger charge is 2.51. The van der Waals surface area contributed by atoms with Crippen LogP contribution in [0, 0.1) is 11.6 Å². The molecule has 2 N–H and O–H groups in total. The minimum Gasteiger partial charge on any atom is -0.446 e. The number of alkyl carbamates (subject to hydrolysis) is 1. The number of hydrogen-bond donors (Lipinski definition) is 2. The van der Waals surface area contributed by atoms with Gasteiger partial charge in [0.25, 0.3) is 10.0 Å². The molecule has 262 valence electrons. The highest BCUT2D eigenvalue weighted by atomic mass is 35.5. The molecule has 0 radical (unpaired) electrons. The van der Waals surface area contributed by atoms with Gasteiger partial charge in [0.2, 0.25) is 11.5 Å². The highest BCUT2D eigenvalue weighted by Crippen LogP contribution is 2.43. The van der Waals surface area contributed by atoms with Crippen molar-refractivity contribution in [2.24, 2.45) is 0 Å². The SMILES string of the molecule is CC(C)(OC(=O)NC1CCC(OC(=O)N2CCc3cc(S(=O)(=O)Nc4c(F)cc(Cl)cc4F)cc(N4CCCC4=O)c32)CC1)C(F)(F)F. The number of alkyl halides is 3. The second-order valence-corrected chi connectivity index (χ2v) is 14.4. The minimum atomic E-state index is -4.75. The summed E-state index contributed by atoms with van der Waals surface area (Å²) in [7, 11) is -4.59. The van der Waals surface area contributed by atoms with Crippen LogP contribution in [-0.2, 0) is 30.7 Å². The first-order chi connectivity index (χ1) is 22.4. The van der Waals surface area contributed by atoms with Gasteiger partial charge in [-0.2, -0.15) is 13.2 Å². The molecule has 3 amide bonds. The summed E-state index contributed by atoms with van der Waals surface area (Å²) in [6, 6.07) is 3.42. The van der Waals surface area contributed by atoms with Crippen molar-refractivity contribution in [3.8, 4) is 0 Å². The summed E-state index contributed by atoms with van der Waals surface area (Å²) in [5, 5.41) is 2.15. The van der Waals surface area contributed by atoms with Gasteiger partial charge in [-0.25, -0.2) is 26.8 Å². The summed E-state index contributed by atoms with van der Waals surface area (Å²) in [5.74, 6) is -2.77. The third kappa shape index (κ3) is 7.41. The van der Waals surface area contributed by atoms with Gasteiger partial charge in [0.05, 0.1) is 16.3 Å². The Morgan fingerprint density at radius 1 is 0.979 bits per heavy atom. The highest BCUT2D eigenvalue weighted by molar-refractivity contribution is 7.92. The lowest BCUT2D eigenvalue weighted by molar-refractivity contribution is -0.244. The number of carbonyl (C=O) groups excluding carboxylic acids is 3. The Morgan fingerprint density at radius 2 is 1.62 bits per heavy atom. The number of sulfonamides is 1. The lowest BCUT2D eigenvalue weighted by Gasteiger charge is -2.32. The summed E-state index contributed by atoms with van der Waals surface area (Å²) in [6.07, 6.45) is -5.29. The largest absolute Gasteiger partial charge is 0.446 e. The molecule has 2 fully saturated rings. The molecule has 1 saturated carbocycles. The van der Waals surface area contributed by atoms with Crippen molar-refractivity contribution in [2.75, 3.05) is 27.6 Å². The molecule has 18 heteroatoms. The molecule has 48 heavy (non-hydrogen) atoms. The van der Waals surface area contributed by atoms with Gasteiger partial charge >= 0.3 is 18.4 Å². The van der Waals surface area contributed by atoms with Gasteiger partial charge < -0.3 is 19.7 Å². The van der Waals surface area contributed by atoms with E-state index in [1.807, 2.05) is 4.72 Å². The normalized spacial score (nSPS) is 20.0. The Labute approximate surface area is 277 Å². The van der Waals surface area contributed by atoms with E-state index in [1.54, 1.807) is 0 Å².